The molecule has 4 rings (SSSR count). The molecule has 0 spiro atoms. The van der Waals surface area contributed by atoms with Crippen molar-refractivity contribution in [1.29, 1.82) is 0 Å². The average Bonchev–Trinajstić information content (AvgIpc) is 3.04. The van der Waals surface area contributed by atoms with Crippen molar-refractivity contribution < 1.29 is 23.9 Å². The maximum absolute atomic E-state index is 12.2. The lowest BCUT2D eigenvalue weighted by molar-refractivity contribution is -0.151. The quantitative estimate of drug-likeness (QED) is 0.476. The molecule has 0 saturated heterocycles. The molecule has 0 radical (unpaired) electrons. The van der Waals surface area contributed by atoms with Crippen LogP contribution in [0.4, 0.5) is 0 Å². The number of rotatable bonds is 5. The lowest BCUT2D eigenvalue weighted by atomic mass is 9.48. The van der Waals surface area contributed by atoms with Gasteiger partial charge in [0.25, 0.3) is 0 Å². The van der Waals surface area contributed by atoms with Crippen molar-refractivity contribution in [3.05, 3.63) is 11.6 Å². The summed E-state index contributed by atoms with van der Waals surface area (Å²) in [6, 6.07) is -0.126. The highest BCUT2D eigenvalue weighted by Crippen LogP contribution is 2.65. The van der Waals surface area contributed by atoms with Gasteiger partial charge in [-0.15, -0.1) is 0 Å². The highest BCUT2D eigenvalue weighted by molar-refractivity contribution is 5.74. The molecule has 4 aliphatic rings. The number of hydrogen-bond acceptors (Lipinski definition) is 5. The minimum atomic E-state index is -0.252. The fourth-order valence-electron chi connectivity index (χ4n) is 7.83. The Morgan fingerprint density at radius 2 is 1.73 bits per heavy atom. The van der Waals surface area contributed by atoms with Crippen LogP contribution in [0.15, 0.2) is 11.6 Å². The van der Waals surface area contributed by atoms with E-state index in [1.165, 1.54) is 5.57 Å². The molecule has 1 amide bonds. The van der Waals surface area contributed by atoms with Crippen molar-refractivity contribution in [3.63, 3.8) is 0 Å². The van der Waals surface area contributed by atoms with Crippen molar-refractivity contribution in [1.82, 2.24) is 5.32 Å². The molecule has 0 aromatic carbocycles. The molecule has 0 aromatic heterocycles. The van der Waals surface area contributed by atoms with Gasteiger partial charge in [0.05, 0.1) is 6.04 Å². The van der Waals surface area contributed by atoms with Crippen LogP contribution in [-0.4, -0.2) is 36.1 Å². The summed E-state index contributed by atoms with van der Waals surface area (Å²) in [7, 11) is 0. The van der Waals surface area contributed by atoms with Crippen molar-refractivity contribution in [3.8, 4) is 0 Å². The second-order valence-corrected chi connectivity index (χ2v) is 11.3. The van der Waals surface area contributed by atoms with Crippen LogP contribution < -0.4 is 5.32 Å². The molecule has 3 fully saturated rings. The van der Waals surface area contributed by atoms with Gasteiger partial charge in [0.15, 0.2) is 0 Å². The Morgan fingerprint density at radius 3 is 2.39 bits per heavy atom. The Hall–Kier alpha value is -1.85. The molecule has 184 valence electrons. The van der Waals surface area contributed by atoms with Gasteiger partial charge in [0.2, 0.25) is 5.91 Å². The fourth-order valence-corrected chi connectivity index (χ4v) is 7.83. The van der Waals surface area contributed by atoms with E-state index < -0.39 is 0 Å². The van der Waals surface area contributed by atoms with Crippen LogP contribution in [0.2, 0.25) is 0 Å². The van der Waals surface area contributed by atoms with Gasteiger partial charge in [-0.2, -0.15) is 0 Å². The van der Waals surface area contributed by atoms with Gasteiger partial charge < -0.3 is 14.8 Å². The number of carbonyl (C=O) groups is 3. The average molecular weight is 460 g/mol. The molecular formula is C27H41NO5. The normalized spacial score (nSPS) is 41.7. The molecule has 3 saturated carbocycles. The molecule has 0 bridgehead atoms. The summed E-state index contributed by atoms with van der Waals surface area (Å²) in [5.74, 6) is 1.17. The summed E-state index contributed by atoms with van der Waals surface area (Å²) in [5.41, 5.74) is 1.54. The summed E-state index contributed by atoms with van der Waals surface area (Å²) in [6.07, 6.45) is 9.79. The van der Waals surface area contributed by atoms with E-state index in [1.807, 2.05) is 13.8 Å². The third-order valence-electron chi connectivity index (χ3n) is 9.58. The third-order valence-corrected chi connectivity index (χ3v) is 9.58. The predicted octanol–water partition coefficient (Wildman–Crippen LogP) is 4.71. The number of amides is 1. The summed E-state index contributed by atoms with van der Waals surface area (Å²) in [5, 5.41) is 3.17. The Labute approximate surface area is 198 Å². The van der Waals surface area contributed by atoms with Gasteiger partial charge in [-0.1, -0.05) is 39.3 Å². The maximum atomic E-state index is 12.2. The molecule has 0 heterocycles. The fraction of sp³-hybridized carbons (Fsp3) is 0.815. The maximum Gasteiger partial charge on any atom is 0.305 e. The monoisotopic (exact) mass is 459 g/mol. The van der Waals surface area contributed by atoms with Crippen molar-refractivity contribution in [2.24, 2.45) is 28.6 Å². The number of ether oxygens (including phenoxy) is 2. The van der Waals surface area contributed by atoms with Gasteiger partial charge in [-0.05, 0) is 67.1 Å². The summed E-state index contributed by atoms with van der Waals surface area (Å²) in [6.45, 7) is 9.95. The van der Waals surface area contributed by atoms with Crippen LogP contribution >= 0.6 is 0 Å². The van der Waals surface area contributed by atoms with Crippen LogP contribution in [-0.2, 0) is 23.9 Å². The summed E-state index contributed by atoms with van der Waals surface area (Å²) >= 11 is 0. The molecular weight excluding hydrogens is 418 g/mol. The van der Waals surface area contributed by atoms with Crippen molar-refractivity contribution in [2.75, 3.05) is 0 Å². The van der Waals surface area contributed by atoms with E-state index in [0.717, 1.165) is 44.9 Å². The zero-order valence-corrected chi connectivity index (χ0v) is 20.9. The van der Waals surface area contributed by atoms with Gasteiger partial charge >= 0.3 is 11.9 Å². The van der Waals surface area contributed by atoms with Crippen LogP contribution in [0, 0.1) is 28.6 Å². The standard InChI is InChI=1S/C27H41NO5/c1-6-23(30)32-18-10-12-26(4)17(14-18)8-9-19-20(26)11-13-27(5)21(19)15-22(33-24(31)7-2)25(27)28-16(3)29/h8,18-22,25H,6-7,9-15H2,1-5H3,(H,28,29)/t18-,19-,20+,21+,22-,25?,26+,27+/m1/s1. The summed E-state index contributed by atoms with van der Waals surface area (Å²) in [4.78, 5) is 36.1. The van der Waals surface area contributed by atoms with Gasteiger partial charge in [0.1, 0.15) is 12.2 Å². The number of hydrogen-bond donors (Lipinski definition) is 1. The lowest BCUT2D eigenvalue weighted by Crippen LogP contribution is -2.55. The zero-order valence-electron chi connectivity index (χ0n) is 20.9. The number of allylic oxidation sites excluding steroid dienone is 1. The van der Waals surface area contributed by atoms with E-state index in [9.17, 15) is 14.4 Å². The molecule has 6 heteroatoms. The van der Waals surface area contributed by atoms with Crippen LogP contribution in [0.1, 0.15) is 92.4 Å². The van der Waals surface area contributed by atoms with Crippen LogP contribution in [0.25, 0.3) is 0 Å². The molecule has 4 aliphatic carbocycles. The summed E-state index contributed by atoms with van der Waals surface area (Å²) < 4.78 is 11.6. The second-order valence-electron chi connectivity index (χ2n) is 11.3. The number of carbonyl (C=O) groups excluding carboxylic acids is 3. The first-order chi connectivity index (χ1) is 15.6. The number of nitrogens with one attached hydrogen (secondary N) is 1. The first-order valence-electron chi connectivity index (χ1n) is 13.0. The Morgan fingerprint density at radius 1 is 1.03 bits per heavy atom. The largest absolute Gasteiger partial charge is 0.462 e. The van der Waals surface area contributed by atoms with E-state index in [1.54, 1.807) is 6.92 Å². The van der Waals surface area contributed by atoms with E-state index >= 15 is 0 Å². The highest BCUT2D eigenvalue weighted by Gasteiger charge is 2.62. The first-order valence-corrected chi connectivity index (χ1v) is 13.0. The van der Waals surface area contributed by atoms with E-state index in [0.29, 0.717) is 30.6 Å². The molecule has 0 aliphatic heterocycles. The van der Waals surface area contributed by atoms with Gasteiger partial charge in [-0.25, -0.2) is 0 Å². The SMILES string of the molecule is CCC(=O)O[C@@H]1CC[C@@]2(C)C(=CC[C@@H]3[C@@H]2CC[C@]2(C)C(NC(C)=O)[C@H](OC(=O)CC)C[C@@H]32)C1. The predicted molar refractivity (Wildman–Crippen MR) is 125 cm³/mol. The number of fused-ring (bicyclic) bond motifs is 5. The molecule has 1 unspecified atom stereocenters. The molecule has 6 nitrogen and oxygen atoms in total. The Kier molecular flexibility index (Phi) is 6.67. The topological polar surface area (TPSA) is 81.7 Å². The van der Waals surface area contributed by atoms with Gasteiger partial charge in [-0.3, -0.25) is 14.4 Å². The van der Waals surface area contributed by atoms with E-state index in [2.05, 4.69) is 25.2 Å². The third kappa shape index (κ3) is 4.23. The van der Waals surface area contributed by atoms with Crippen molar-refractivity contribution >= 4 is 17.8 Å². The minimum Gasteiger partial charge on any atom is -0.462 e. The van der Waals surface area contributed by atoms with Gasteiger partial charge in [0, 0.05) is 26.2 Å². The first kappa shape index (κ1) is 24.3. The van der Waals surface area contributed by atoms with Crippen LogP contribution in [0.3, 0.4) is 0 Å². The molecule has 0 aromatic rings. The second kappa shape index (κ2) is 9.07. The smallest absolute Gasteiger partial charge is 0.305 e. The highest BCUT2D eigenvalue weighted by atomic mass is 16.5. The Bertz CT molecular complexity index is 836. The van der Waals surface area contributed by atoms with Crippen molar-refractivity contribution in [2.45, 2.75) is 111 Å². The van der Waals surface area contributed by atoms with Crippen LogP contribution in [0.5, 0.6) is 0 Å². The van der Waals surface area contributed by atoms with E-state index in [-0.39, 0.29) is 46.9 Å². The van der Waals surface area contributed by atoms with E-state index in [4.69, 9.17) is 9.47 Å². The minimum absolute atomic E-state index is 0.00986. The Balaban J connectivity index is 1.58. The molecule has 1 N–H and O–H groups in total. The zero-order chi connectivity index (χ0) is 24.0. The molecule has 8 atom stereocenters. The number of esters is 2. The lowest BCUT2D eigenvalue weighted by Gasteiger charge is -2.57. The molecule has 33 heavy (non-hydrogen) atoms.